The van der Waals surface area contributed by atoms with Crippen LogP contribution in [0.3, 0.4) is 0 Å². The van der Waals surface area contributed by atoms with Crippen molar-refractivity contribution in [2.75, 3.05) is 5.32 Å². The third-order valence-corrected chi connectivity index (χ3v) is 1.56. The highest BCUT2D eigenvalue weighted by Gasteiger charge is 2.15. The zero-order chi connectivity index (χ0) is 10.8. The number of hydrogen-bond acceptors (Lipinski definition) is 3. The van der Waals surface area contributed by atoms with Crippen LogP contribution in [0.2, 0.25) is 0 Å². The molecule has 0 bridgehead atoms. The molecular formula is C10H14N2O2. The summed E-state index contributed by atoms with van der Waals surface area (Å²) in [6.45, 7) is 5.89. The van der Waals surface area contributed by atoms with Crippen LogP contribution in [-0.4, -0.2) is 21.6 Å². The second-order valence-corrected chi connectivity index (χ2v) is 4.10. The number of aromatic carboxylic acids is 1. The summed E-state index contributed by atoms with van der Waals surface area (Å²) >= 11 is 0. The Kier molecular flexibility index (Phi) is 2.74. The number of anilines is 1. The van der Waals surface area contributed by atoms with Gasteiger partial charge in [-0.1, -0.05) is 0 Å². The first kappa shape index (κ1) is 10.5. The molecule has 14 heavy (non-hydrogen) atoms. The maximum Gasteiger partial charge on any atom is 0.337 e. The summed E-state index contributed by atoms with van der Waals surface area (Å²) in [5, 5.41) is 12.0. The van der Waals surface area contributed by atoms with Crippen molar-refractivity contribution >= 4 is 11.7 Å². The van der Waals surface area contributed by atoms with E-state index >= 15 is 0 Å². The Morgan fingerprint density at radius 2 is 2.14 bits per heavy atom. The van der Waals surface area contributed by atoms with Crippen molar-refractivity contribution < 1.29 is 9.90 Å². The first-order valence-electron chi connectivity index (χ1n) is 4.35. The second-order valence-electron chi connectivity index (χ2n) is 4.10. The molecule has 0 amide bonds. The lowest BCUT2D eigenvalue weighted by Gasteiger charge is -2.22. The van der Waals surface area contributed by atoms with E-state index in [9.17, 15) is 4.79 Å². The van der Waals surface area contributed by atoms with Crippen LogP contribution in [0.1, 0.15) is 31.1 Å². The number of carboxylic acid groups (broad SMARTS) is 1. The van der Waals surface area contributed by atoms with Gasteiger partial charge in [0.1, 0.15) is 0 Å². The van der Waals surface area contributed by atoms with Gasteiger partial charge in [-0.3, -0.25) is 4.98 Å². The molecule has 1 rings (SSSR count). The Morgan fingerprint density at radius 3 is 2.64 bits per heavy atom. The predicted molar refractivity (Wildman–Crippen MR) is 54.6 cm³/mol. The molecule has 0 unspecified atom stereocenters. The van der Waals surface area contributed by atoms with Gasteiger partial charge in [0.25, 0.3) is 0 Å². The van der Waals surface area contributed by atoms with Gasteiger partial charge in [0, 0.05) is 11.7 Å². The fourth-order valence-electron chi connectivity index (χ4n) is 1.08. The number of rotatable bonds is 2. The van der Waals surface area contributed by atoms with E-state index in [1.165, 1.54) is 18.5 Å². The number of pyridine rings is 1. The van der Waals surface area contributed by atoms with Gasteiger partial charge in [-0.2, -0.15) is 0 Å². The van der Waals surface area contributed by atoms with E-state index in [0.717, 1.165) is 0 Å². The van der Waals surface area contributed by atoms with Crippen molar-refractivity contribution in [3.05, 3.63) is 24.0 Å². The fourth-order valence-corrected chi connectivity index (χ4v) is 1.08. The standard InChI is InChI=1S/C10H14N2O2/c1-10(2,3)12-8-6-11-5-4-7(8)9(13)14/h4-6,12H,1-3H3,(H,13,14). The van der Waals surface area contributed by atoms with Gasteiger partial charge < -0.3 is 10.4 Å². The van der Waals surface area contributed by atoms with E-state index < -0.39 is 5.97 Å². The Hall–Kier alpha value is -1.58. The van der Waals surface area contributed by atoms with Crippen LogP contribution in [0, 0.1) is 0 Å². The summed E-state index contributed by atoms with van der Waals surface area (Å²) in [4.78, 5) is 14.7. The molecule has 0 aromatic carbocycles. The number of hydrogen-bond donors (Lipinski definition) is 2. The first-order valence-corrected chi connectivity index (χ1v) is 4.35. The average molecular weight is 194 g/mol. The largest absolute Gasteiger partial charge is 0.478 e. The van der Waals surface area contributed by atoms with E-state index in [-0.39, 0.29) is 11.1 Å². The van der Waals surface area contributed by atoms with Crippen LogP contribution in [-0.2, 0) is 0 Å². The smallest absolute Gasteiger partial charge is 0.337 e. The van der Waals surface area contributed by atoms with Crippen molar-refractivity contribution in [2.24, 2.45) is 0 Å². The maximum absolute atomic E-state index is 10.8. The van der Waals surface area contributed by atoms with Crippen LogP contribution in [0.4, 0.5) is 5.69 Å². The molecule has 76 valence electrons. The monoisotopic (exact) mass is 194 g/mol. The molecule has 2 N–H and O–H groups in total. The lowest BCUT2D eigenvalue weighted by atomic mass is 10.1. The normalized spacial score (nSPS) is 11.1. The summed E-state index contributed by atoms with van der Waals surface area (Å²) in [5.74, 6) is -0.945. The molecule has 0 atom stereocenters. The van der Waals surface area contributed by atoms with Crippen molar-refractivity contribution in [1.82, 2.24) is 4.98 Å². The summed E-state index contributed by atoms with van der Waals surface area (Å²) in [6.07, 6.45) is 2.99. The zero-order valence-corrected chi connectivity index (χ0v) is 8.53. The molecule has 4 heteroatoms. The number of aromatic nitrogens is 1. The summed E-state index contributed by atoms with van der Waals surface area (Å²) in [6, 6.07) is 1.48. The minimum atomic E-state index is -0.945. The van der Waals surface area contributed by atoms with Crippen molar-refractivity contribution in [2.45, 2.75) is 26.3 Å². The molecule has 0 radical (unpaired) electrons. The molecule has 4 nitrogen and oxygen atoms in total. The minimum Gasteiger partial charge on any atom is -0.478 e. The van der Waals surface area contributed by atoms with Crippen molar-refractivity contribution in [1.29, 1.82) is 0 Å². The molecule has 0 spiro atoms. The van der Waals surface area contributed by atoms with Crippen LogP contribution in [0.5, 0.6) is 0 Å². The Labute approximate surface area is 83.0 Å². The zero-order valence-electron chi connectivity index (χ0n) is 8.53. The van der Waals surface area contributed by atoms with Gasteiger partial charge in [0.05, 0.1) is 17.4 Å². The highest BCUT2D eigenvalue weighted by Crippen LogP contribution is 2.18. The van der Waals surface area contributed by atoms with Crippen LogP contribution in [0.25, 0.3) is 0 Å². The van der Waals surface area contributed by atoms with Crippen molar-refractivity contribution in [3.63, 3.8) is 0 Å². The molecule has 0 fully saturated rings. The quantitative estimate of drug-likeness (QED) is 0.755. The van der Waals surface area contributed by atoms with Gasteiger partial charge >= 0.3 is 5.97 Å². The molecular weight excluding hydrogens is 180 g/mol. The van der Waals surface area contributed by atoms with Gasteiger partial charge in [0.2, 0.25) is 0 Å². The molecule has 1 aromatic rings. The maximum atomic E-state index is 10.8. The van der Waals surface area contributed by atoms with Crippen LogP contribution >= 0.6 is 0 Å². The van der Waals surface area contributed by atoms with Gasteiger partial charge in [-0.15, -0.1) is 0 Å². The fraction of sp³-hybridized carbons (Fsp3) is 0.400. The highest BCUT2D eigenvalue weighted by atomic mass is 16.4. The number of carboxylic acids is 1. The second kappa shape index (κ2) is 3.65. The van der Waals surface area contributed by atoms with Gasteiger partial charge in [-0.25, -0.2) is 4.79 Å². The predicted octanol–water partition coefficient (Wildman–Crippen LogP) is 1.99. The lowest BCUT2D eigenvalue weighted by Crippen LogP contribution is -2.27. The van der Waals surface area contributed by atoms with E-state index in [1.807, 2.05) is 20.8 Å². The van der Waals surface area contributed by atoms with Crippen LogP contribution < -0.4 is 5.32 Å². The summed E-state index contributed by atoms with van der Waals surface area (Å²) in [7, 11) is 0. The molecule has 0 saturated heterocycles. The molecule has 1 aromatic heterocycles. The molecule has 0 aliphatic carbocycles. The number of nitrogens with one attached hydrogen (secondary N) is 1. The molecule has 1 heterocycles. The highest BCUT2D eigenvalue weighted by molar-refractivity contribution is 5.93. The Morgan fingerprint density at radius 1 is 1.50 bits per heavy atom. The molecule has 0 aliphatic rings. The third kappa shape index (κ3) is 2.73. The van der Waals surface area contributed by atoms with Crippen molar-refractivity contribution in [3.8, 4) is 0 Å². The van der Waals surface area contributed by atoms with Gasteiger partial charge in [0.15, 0.2) is 0 Å². The Balaban J connectivity index is 3.02. The minimum absolute atomic E-state index is 0.173. The lowest BCUT2D eigenvalue weighted by molar-refractivity contribution is 0.0698. The summed E-state index contributed by atoms with van der Waals surface area (Å²) in [5.41, 5.74) is 0.621. The van der Waals surface area contributed by atoms with Crippen LogP contribution in [0.15, 0.2) is 18.5 Å². The number of nitrogens with zero attached hydrogens (tertiary/aromatic N) is 1. The topological polar surface area (TPSA) is 62.2 Å². The first-order chi connectivity index (χ1) is 6.40. The average Bonchev–Trinajstić information content (AvgIpc) is 2.01. The van der Waals surface area contributed by atoms with E-state index in [1.54, 1.807) is 0 Å². The van der Waals surface area contributed by atoms with E-state index in [0.29, 0.717) is 5.69 Å². The third-order valence-electron chi connectivity index (χ3n) is 1.56. The number of carbonyl (C=O) groups is 1. The molecule has 0 saturated carbocycles. The summed E-state index contributed by atoms with van der Waals surface area (Å²) < 4.78 is 0. The van der Waals surface area contributed by atoms with E-state index in [2.05, 4.69) is 10.3 Å². The van der Waals surface area contributed by atoms with E-state index in [4.69, 9.17) is 5.11 Å². The SMILES string of the molecule is CC(C)(C)Nc1cnccc1C(=O)O. The molecule has 0 aliphatic heterocycles. The van der Waals surface area contributed by atoms with Gasteiger partial charge in [-0.05, 0) is 26.8 Å². The Bertz CT molecular complexity index is 342.